The zero-order valence-corrected chi connectivity index (χ0v) is 18.5. The Morgan fingerprint density at radius 1 is 1.00 bits per heavy atom. The van der Waals surface area contributed by atoms with Gasteiger partial charge in [-0.05, 0) is 31.2 Å². The molecule has 0 fully saturated rings. The van der Waals surface area contributed by atoms with Crippen molar-refractivity contribution >= 4 is 17.7 Å². The molecule has 160 valence electrons. The Morgan fingerprint density at radius 2 is 1.55 bits per heavy atom. The molecule has 0 saturated heterocycles. The maximum Gasteiger partial charge on any atom is 0.316 e. The molecule has 1 aromatic heterocycles. The van der Waals surface area contributed by atoms with Crippen molar-refractivity contribution in [2.24, 2.45) is 0 Å². The molecule has 1 amide bonds. The van der Waals surface area contributed by atoms with Gasteiger partial charge in [0.15, 0.2) is 10.9 Å². The first-order valence-corrected chi connectivity index (χ1v) is 11.5. The van der Waals surface area contributed by atoms with Gasteiger partial charge in [-0.25, -0.2) is 0 Å². The van der Waals surface area contributed by atoms with Gasteiger partial charge in [0.25, 0.3) is 5.91 Å². The third-order valence-electron chi connectivity index (χ3n) is 5.76. The zero-order chi connectivity index (χ0) is 22.1. The van der Waals surface area contributed by atoms with Crippen LogP contribution in [0, 0.1) is 0 Å². The summed E-state index contributed by atoms with van der Waals surface area (Å²) in [5, 5.41) is 11.0. The molecule has 1 aliphatic rings. The van der Waals surface area contributed by atoms with Gasteiger partial charge in [-0.15, -0.1) is 0 Å². The summed E-state index contributed by atoms with van der Waals surface area (Å²) >= 11 is 1.30. The molecule has 7 heteroatoms. The number of thioether (sulfide) groups is 1. The predicted octanol–water partition coefficient (Wildman–Crippen LogP) is 3.91. The van der Waals surface area contributed by atoms with E-state index in [9.17, 15) is 14.7 Å². The molecule has 1 atom stereocenters. The molecular formula is C24H25N3O3S. The molecule has 0 radical (unpaired) electrons. The van der Waals surface area contributed by atoms with Crippen molar-refractivity contribution in [1.29, 1.82) is 0 Å². The maximum atomic E-state index is 13.3. The second kappa shape index (κ2) is 8.59. The molecule has 0 aliphatic carbocycles. The Kier molecular flexibility index (Phi) is 5.87. The van der Waals surface area contributed by atoms with Crippen molar-refractivity contribution in [3.05, 3.63) is 87.8 Å². The first kappa shape index (κ1) is 21.2. The van der Waals surface area contributed by atoms with E-state index >= 15 is 0 Å². The fraction of sp³-hybridized carbons (Fsp3) is 0.292. The number of hydrogen-bond acceptors (Lipinski definition) is 5. The largest absolute Gasteiger partial charge is 0.501 e. The van der Waals surface area contributed by atoms with Crippen LogP contribution in [0.15, 0.2) is 70.6 Å². The highest BCUT2D eigenvalue weighted by atomic mass is 32.2. The average molecular weight is 436 g/mol. The summed E-state index contributed by atoms with van der Waals surface area (Å²) in [5.41, 5.74) is 1.43. The second-order valence-corrected chi connectivity index (χ2v) is 8.66. The van der Waals surface area contributed by atoms with Crippen LogP contribution >= 0.6 is 11.8 Å². The van der Waals surface area contributed by atoms with Crippen LogP contribution in [-0.4, -0.2) is 44.3 Å². The fourth-order valence-corrected chi connectivity index (χ4v) is 4.92. The molecule has 6 nitrogen and oxygen atoms in total. The normalized spacial score (nSPS) is 16.1. The number of nitrogens with zero attached hydrogens (tertiary/aromatic N) is 3. The summed E-state index contributed by atoms with van der Waals surface area (Å²) in [6, 6.07) is 19.9. The van der Waals surface area contributed by atoms with Gasteiger partial charge >= 0.3 is 5.56 Å². The average Bonchev–Trinajstić information content (AvgIpc) is 2.78. The Bertz CT molecular complexity index is 1110. The highest BCUT2D eigenvalue weighted by Gasteiger charge is 2.41. The van der Waals surface area contributed by atoms with Crippen molar-refractivity contribution in [2.75, 3.05) is 12.8 Å². The number of rotatable bonds is 5. The van der Waals surface area contributed by atoms with Crippen LogP contribution in [0.3, 0.4) is 0 Å². The number of aromatic hydroxyl groups is 1. The fourth-order valence-electron chi connectivity index (χ4n) is 4.32. The van der Waals surface area contributed by atoms with E-state index < -0.39 is 11.3 Å². The number of carbonyl (C=O) groups excluding carboxylic acids is 1. The molecule has 0 unspecified atom stereocenters. The lowest BCUT2D eigenvalue weighted by Crippen LogP contribution is -2.49. The highest BCUT2D eigenvalue weighted by molar-refractivity contribution is 7.98. The van der Waals surface area contributed by atoms with Gasteiger partial charge in [-0.3, -0.25) is 9.59 Å². The summed E-state index contributed by atoms with van der Waals surface area (Å²) in [6.45, 7) is 4.32. The summed E-state index contributed by atoms with van der Waals surface area (Å²) in [4.78, 5) is 31.5. The van der Waals surface area contributed by atoms with Crippen LogP contribution in [0.2, 0.25) is 0 Å². The van der Waals surface area contributed by atoms with E-state index in [0.29, 0.717) is 11.7 Å². The molecule has 1 aliphatic heterocycles. The summed E-state index contributed by atoms with van der Waals surface area (Å²) in [7, 11) is 0. The summed E-state index contributed by atoms with van der Waals surface area (Å²) < 4.78 is 1.77. The predicted molar refractivity (Wildman–Crippen MR) is 122 cm³/mol. The first-order chi connectivity index (χ1) is 14.9. The molecule has 31 heavy (non-hydrogen) atoms. The van der Waals surface area contributed by atoms with E-state index in [2.05, 4.69) is 29.2 Å². The monoisotopic (exact) mass is 435 g/mol. The summed E-state index contributed by atoms with van der Waals surface area (Å²) in [6.07, 6.45) is 1.82. The standard InChI is InChI=1S/C24H25N3O3S/c1-15(2)26-14-18(27-20(23(26)30)21(28)22(29)25-24(27)31-3)19(16-10-6-4-7-11-16)17-12-8-5-9-13-17/h4-13,15,18-19,28H,14H2,1-3H3/t18-/m1/s1. The number of amides is 1. The summed E-state index contributed by atoms with van der Waals surface area (Å²) in [5.74, 6) is -1.04. The van der Waals surface area contributed by atoms with Crippen LogP contribution in [0.1, 0.15) is 47.4 Å². The van der Waals surface area contributed by atoms with E-state index in [4.69, 9.17) is 0 Å². The van der Waals surface area contributed by atoms with Gasteiger partial charge in [-0.1, -0.05) is 72.4 Å². The Labute approximate surface area is 185 Å². The molecule has 0 spiro atoms. The van der Waals surface area contributed by atoms with E-state index in [1.807, 2.05) is 56.5 Å². The van der Waals surface area contributed by atoms with Crippen molar-refractivity contribution in [1.82, 2.24) is 14.5 Å². The number of carbonyl (C=O) groups is 1. The molecule has 0 saturated carbocycles. The van der Waals surface area contributed by atoms with Crippen LogP contribution in [-0.2, 0) is 0 Å². The minimum Gasteiger partial charge on any atom is -0.501 e. The number of fused-ring (bicyclic) bond motifs is 1. The third-order valence-corrected chi connectivity index (χ3v) is 6.41. The second-order valence-electron chi connectivity index (χ2n) is 7.89. The van der Waals surface area contributed by atoms with Crippen molar-refractivity contribution < 1.29 is 9.90 Å². The van der Waals surface area contributed by atoms with Crippen LogP contribution in [0.25, 0.3) is 0 Å². The van der Waals surface area contributed by atoms with Crippen molar-refractivity contribution in [3.8, 4) is 5.75 Å². The van der Waals surface area contributed by atoms with Gasteiger partial charge in [0.1, 0.15) is 0 Å². The Morgan fingerprint density at radius 3 is 2.03 bits per heavy atom. The third kappa shape index (κ3) is 3.74. The van der Waals surface area contributed by atoms with Gasteiger partial charge in [0.05, 0.1) is 6.04 Å². The first-order valence-electron chi connectivity index (χ1n) is 10.2. The lowest BCUT2D eigenvalue weighted by molar-refractivity contribution is 0.0573. The van der Waals surface area contributed by atoms with Crippen LogP contribution in [0.4, 0.5) is 0 Å². The minimum absolute atomic E-state index is 0.0196. The molecule has 2 aromatic carbocycles. The van der Waals surface area contributed by atoms with Gasteiger partial charge in [-0.2, -0.15) is 4.98 Å². The van der Waals surface area contributed by atoms with E-state index in [0.717, 1.165) is 11.1 Å². The number of aromatic nitrogens is 2. The van der Waals surface area contributed by atoms with E-state index in [1.165, 1.54) is 11.8 Å². The molecule has 2 heterocycles. The van der Waals surface area contributed by atoms with Crippen LogP contribution in [0.5, 0.6) is 5.75 Å². The van der Waals surface area contributed by atoms with Gasteiger partial charge in [0, 0.05) is 18.5 Å². The van der Waals surface area contributed by atoms with E-state index in [-0.39, 0.29) is 29.6 Å². The SMILES string of the molecule is CSc1nc(=O)c(O)c2n1[C@@H](C(c1ccccc1)c1ccccc1)CN(C(C)C)C2=O. The molecule has 0 bridgehead atoms. The zero-order valence-electron chi connectivity index (χ0n) is 17.7. The lowest BCUT2D eigenvalue weighted by Gasteiger charge is -2.42. The molecular weight excluding hydrogens is 410 g/mol. The maximum absolute atomic E-state index is 13.3. The number of hydrogen-bond donors (Lipinski definition) is 1. The van der Waals surface area contributed by atoms with Crippen LogP contribution < -0.4 is 5.56 Å². The number of benzene rings is 2. The van der Waals surface area contributed by atoms with Gasteiger partial charge in [0.2, 0.25) is 5.75 Å². The lowest BCUT2D eigenvalue weighted by atomic mass is 9.83. The smallest absolute Gasteiger partial charge is 0.316 e. The topological polar surface area (TPSA) is 75.4 Å². The van der Waals surface area contributed by atoms with E-state index in [1.54, 1.807) is 9.47 Å². The molecule has 4 rings (SSSR count). The minimum atomic E-state index is -0.774. The van der Waals surface area contributed by atoms with Crippen molar-refractivity contribution in [2.45, 2.75) is 37.0 Å². The Hall–Kier alpha value is -3.06. The Balaban J connectivity index is 2.02. The van der Waals surface area contributed by atoms with Gasteiger partial charge < -0.3 is 14.6 Å². The molecule has 3 aromatic rings. The highest BCUT2D eigenvalue weighted by Crippen LogP contribution is 2.42. The molecule has 1 N–H and O–H groups in total. The quantitative estimate of drug-likeness (QED) is 0.486. The van der Waals surface area contributed by atoms with Crippen molar-refractivity contribution in [3.63, 3.8) is 0 Å².